The largest absolute Gasteiger partial charge is 0.507 e. The molecule has 1 aromatic rings. The number of phenols is 1. The zero-order valence-corrected chi connectivity index (χ0v) is 11.7. The van der Waals surface area contributed by atoms with Gasteiger partial charge in [0.15, 0.2) is 0 Å². The van der Waals surface area contributed by atoms with Crippen LogP contribution in [0.4, 0.5) is 0 Å². The fourth-order valence-corrected chi connectivity index (χ4v) is 1.87. The van der Waals surface area contributed by atoms with Crippen LogP contribution in [0.25, 0.3) is 0 Å². The molecule has 0 atom stereocenters. The quantitative estimate of drug-likeness (QED) is 0.838. The van der Waals surface area contributed by atoms with Gasteiger partial charge in [-0.05, 0) is 37.8 Å². The minimum atomic E-state index is 0.152. The van der Waals surface area contributed by atoms with Crippen LogP contribution in [0.5, 0.6) is 11.5 Å². The first kappa shape index (κ1) is 13.9. The summed E-state index contributed by atoms with van der Waals surface area (Å²) in [4.78, 5) is 0. The molecule has 17 heavy (non-hydrogen) atoms. The predicted molar refractivity (Wildman–Crippen MR) is 72.0 cm³/mol. The molecular formula is C15H24O2. The zero-order chi connectivity index (χ0) is 13.2. The van der Waals surface area contributed by atoms with Gasteiger partial charge in [-0.2, -0.15) is 0 Å². The van der Waals surface area contributed by atoms with Gasteiger partial charge in [0, 0.05) is 11.1 Å². The van der Waals surface area contributed by atoms with E-state index in [-0.39, 0.29) is 6.10 Å². The van der Waals surface area contributed by atoms with Gasteiger partial charge in [-0.25, -0.2) is 0 Å². The normalized spacial score (nSPS) is 11.6. The zero-order valence-electron chi connectivity index (χ0n) is 11.7. The highest BCUT2D eigenvalue weighted by molar-refractivity contribution is 5.49. The monoisotopic (exact) mass is 236 g/mol. The van der Waals surface area contributed by atoms with Crippen molar-refractivity contribution in [3.05, 3.63) is 23.3 Å². The van der Waals surface area contributed by atoms with Crippen molar-refractivity contribution in [2.75, 3.05) is 0 Å². The Labute approximate surface area is 105 Å². The molecule has 96 valence electrons. The van der Waals surface area contributed by atoms with Crippen molar-refractivity contribution in [3.8, 4) is 11.5 Å². The van der Waals surface area contributed by atoms with E-state index in [0.717, 1.165) is 16.9 Å². The maximum atomic E-state index is 10.2. The molecule has 0 radical (unpaired) electrons. The Morgan fingerprint density at radius 3 is 1.59 bits per heavy atom. The fraction of sp³-hybridized carbons (Fsp3) is 0.600. The van der Waals surface area contributed by atoms with E-state index in [1.807, 2.05) is 26.0 Å². The second-order valence-corrected chi connectivity index (χ2v) is 5.43. The van der Waals surface area contributed by atoms with Gasteiger partial charge in [-0.15, -0.1) is 0 Å². The highest BCUT2D eigenvalue weighted by Crippen LogP contribution is 2.37. The van der Waals surface area contributed by atoms with E-state index in [1.54, 1.807) is 0 Å². The summed E-state index contributed by atoms with van der Waals surface area (Å²) in [5.74, 6) is 1.86. The Morgan fingerprint density at radius 2 is 1.29 bits per heavy atom. The molecule has 2 nitrogen and oxygen atoms in total. The Morgan fingerprint density at radius 1 is 0.882 bits per heavy atom. The summed E-state index contributed by atoms with van der Waals surface area (Å²) in [7, 11) is 0. The lowest BCUT2D eigenvalue weighted by molar-refractivity contribution is 0.241. The first-order chi connectivity index (χ1) is 7.82. The van der Waals surface area contributed by atoms with Crippen molar-refractivity contribution in [1.29, 1.82) is 0 Å². The summed E-state index contributed by atoms with van der Waals surface area (Å²) in [6.45, 7) is 12.3. The summed E-state index contributed by atoms with van der Waals surface area (Å²) in [6, 6.07) is 3.90. The average molecular weight is 236 g/mol. The number of ether oxygens (including phenoxy) is 1. The molecule has 1 aromatic carbocycles. The molecule has 0 bridgehead atoms. The van der Waals surface area contributed by atoms with Gasteiger partial charge in [0.2, 0.25) is 0 Å². The minimum Gasteiger partial charge on any atom is -0.507 e. The van der Waals surface area contributed by atoms with Crippen LogP contribution in [-0.2, 0) is 0 Å². The van der Waals surface area contributed by atoms with E-state index in [1.165, 1.54) is 0 Å². The van der Waals surface area contributed by atoms with Crippen molar-refractivity contribution >= 4 is 0 Å². The number of hydrogen-bond donors (Lipinski definition) is 1. The second kappa shape index (κ2) is 5.44. The van der Waals surface area contributed by atoms with Gasteiger partial charge in [0.1, 0.15) is 11.5 Å². The molecule has 0 saturated carbocycles. The minimum absolute atomic E-state index is 0.152. The van der Waals surface area contributed by atoms with Crippen molar-refractivity contribution in [2.45, 2.75) is 59.5 Å². The highest BCUT2D eigenvalue weighted by Gasteiger charge is 2.16. The number of rotatable bonds is 4. The number of benzene rings is 1. The lowest BCUT2D eigenvalue weighted by Crippen LogP contribution is -2.07. The third-order valence-electron chi connectivity index (χ3n) is 2.76. The smallest absolute Gasteiger partial charge is 0.122 e. The molecule has 0 unspecified atom stereocenters. The lowest BCUT2D eigenvalue weighted by Gasteiger charge is -2.19. The topological polar surface area (TPSA) is 29.5 Å². The molecule has 0 fully saturated rings. The van der Waals surface area contributed by atoms with E-state index in [9.17, 15) is 5.11 Å². The average Bonchev–Trinajstić information content (AvgIpc) is 2.18. The van der Waals surface area contributed by atoms with Crippen LogP contribution >= 0.6 is 0 Å². The van der Waals surface area contributed by atoms with Gasteiger partial charge in [0.05, 0.1) is 6.10 Å². The Hall–Kier alpha value is -1.18. The van der Waals surface area contributed by atoms with Crippen molar-refractivity contribution in [1.82, 2.24) is 0 Å². The van der Waals surface area contributed by atoms with E-state index in [0.29, 0.717) is 17.6 Å². The van der Waals surface area contributed by atoms with E-state index < -0.39 is 0 Å². The number of phenolic OH excluding ortho intramolecular Hbond substituents is 1. The Bertz CT molecular complexity index is 350. The lowest BCUT2D eigenvalue weighted by atomic mass is 9.93. The molecule has 2 heteroatoms. The first-order valence-corrected chi connectivity index (χ1v) is 6.36. The molecule has 0 aliphatic heterocycles. The van der Waals surface area contributed by atoms with Crippen LogP contribution in [0.2, 0.25) is 0 Å². The van der Waals surface area contributed by atoms with Gasteiger partial charge in [-0.1, -0.05) is 27.7 Å². The molecule has 1 N–H and O–H groups in total. The number of aromatic hydroxyl groups is 1. The molecule has 0 heterocycles. The van der Waals surface area contributed by atoms with Crippen molar-refractivity contribution < 1.29 is 9.84 Å². The van der Waals surface area contributed by atoms with Crippen LogP contribution in [0, 0.1) is 0 Å². The SMILES string of the molecule is CC(C)Oc1cc(C(C)C)c(O)c(C(C)C)c1. The third kappa shape index (κ3) is 3.39. The molecule has 0 aromatic heterocycles. The van der Waals surface area contributed by atoms with Crippen molar-refractivity contribution in [2.24, 2.45) is 0 Å². The molecule has 0 spiro atoms. The first-order valence-electron chi connectivity index (χ1n) is 6.36. The summed E-state index contributed by atoms with van der Waals surface area (Å²) < 4.78 is 5.74. The summed E-state index contributed by atoms with van der Waals surface area (Å²) in [5.41, 5.74) is 1.93. The molecule has 0 aliphatic rings. The van der Waals surface area contributed by atoms with E-state index >= 15 is 0 Å². The van der Waals surface area contributed by atoms with Crippen LogP contribution < -0.4 is 4.74 Å². The molecular weight excluding hydrogens is 212 g/mol. The maximum Gasteiger partial charge on any atom is 0.122 e. The van der Waals surface area contributed by atoms with E-state index in [4.69, 9.17) is 4.74 Å². The Balaban J connectivity index is 3.26. The van der Waals surface area contributed by atoms with Gasteiger partial charge in [-0.3, -0.25) is 0 Å². The molecule has 1 rings (SSSR count). The third-order valence-corrected chi connectivity index (χ3v) is 2.76. The van der Waals surface area contributed by atoms with Crippen LogP contribution in [0.3, 0.4) is 0 Å². The predicted octanol–water partition coefficient (Wildman–Crippen LogP) is 4.43. The fourth-order valence-electron chi connectivity index (χ4n) is 1.87. The second-order valence-electron chi connectivity index (χ2n) is 5.43. The van der Waals surface area contributed by atoms with Crippen LogP contribution in [0.1, 0.15) is 64.5 Å². The van der Waals surface area contributed by atoms with Gasteiger partial charge in [0.25, 0.3) is 0 Å². The molecule has 0 aliphatic carbocycles. The standard InChI is InChI=1S/C15H24O2/c1-9(2)13-7-12(17-11(5)6)8-14(10(3)4)15(13)16/h7-11,16H,1-6H3. The van der Waals surface area contributed by atoms with Gasteiger partial charge < -0.3 is 9.84 Å². The summed E-state index contributed by atoms with van der Waals surface area (Å²) in [6.07, 6.45) is 0.152. The molecule has 0 amide bonds. The Kier molecular flexibility index (Phi) is 4.44. The van der Waals surface area contributed by atoms with Crippen LogP contribution in [0.15, 0.2) is 12.1 Å². The highest BCUT2D eigenvalue weighted by atomic mass is 16.5. The number of hydrogen-bond acceptors (Lipinski definition) is 2. The molecule has 0 saturated heterocycles. The van der Waals surface area contributed by atoms with Crippen LogP contribution in [-0.4, -0.2) is 11.2 Å². The van der Waals surface area contributed by atoms with Crippen molar-refractivity contribution in [3.63, 3.8) is 0 Å². The summed E-state index contributed by atoms with van der Waals surface area (Å²) >= 11 is 0. The van der Waals surface area contributed by atoms with Gasteiger partial charge >= 0.3 is 0 Å². The van der Waals surface area contributed by atoms with E-state index in [2.05, 4.69) is 27.7 Å². The summed E-state index contributed by atoms with van der Waals surface area (Å²) in [5, 5.41) is 10.2. The maximum absolute atomic E-state index is 10.2.